The largest absolute Gasteiger partial charge is 0.457 e. The van der Waals surface area contributed by atoms with Crippen molar-refractivity contribution in [1.29, 1.82) is 0 Å². The smallest absolute Gasteiger partial charge is 0.186 e. The van der Waals surface area contributed by atoms with E-state index in [1.807, 2.05) is 0 Å². The molecule has 1 atom stereocenters. The molecule has 0 aromatic rings. The Morgan fingerprint density at radius 1 is 1.62 bits per heavy atom. The van der Waals surface area contributed by atoms with Gasteiger partial charge in [-0.3, -0.25) is 5.73 Å². The second-order valence-corrected chi connectivity index (χ2v) is 1.54. The number of hydrogen-bond acceptors (Lipinski definition) is 3. The molecule has 0 saturated heterocycles. The standard InChI is InChI=1S/C5H8N2O/c6-4-2-1-3-5(7)8-4/h1-4H,6-7H2. The highest BCUT2D eigenvalue weighted by Gasteiger charge is 2.00. The molecule has 0 saturated carbocycles. The Hall–Kier alpha value is -0.960. The highest BCUT2D eigenvalue weighted by atomic mass is 16.5. The van der Waals surface area contributed by atoms with Gasteiger partial charge < -0.3 is 10.5 Å². The molecular formula is C5H8N2O. The highest BCUT2D eigenvalue weighted by Crippen LogP contribution is 1.99. The van der Waals surface area contributed by atoms with Gasteiger partial charge >= 0.3 is 0 Å². The van der Waals surface area contributed by atoms with Gasteiger partial charge in [-0.05, 0) is 12.2 Å². The molecular weight excluding hydrogens is 104 g/mol. The third-order valence-electron chi connectivity index (χ3n) is 0.833. The number of allylic oxidation sites excluding steroid dienone is 2. The van der Waals surface area contributed by atoms with Gasteiger partial charge in [-0.15, -0.1) is 0 Å². The van der Waals surface area contributed by atoms with E-state index in [-0.39, 0.29) is 6.23 Å². The molecule has 8 heavy (non-hydrogen) atoms. The summed E-state index contributed by atoms with van der Waals surface area (Å²) < 4.78 is 4.82. The molecule has 44 valence electrons. The minimum Gasteiger partial charge on any atom is -0.457 e. The Kier molecular flexibility index (Phi) is 1.22. The summed E-state index contributed by atoms with van der Waals surface area (Å²) in [6.07, 6.45) is 4.78. The van der Waals surface area contributed by atoms with E-state index in [4.69, 9.17) is 16.2 Å². The second-order valence-electron chi connectivity index (χ2n) is 1.54. The van der Waals surface area contributed by atoms with Crippen LogP contribution in [0.25, 0.3) is 0 Å². The summed E-state index contributed by atoms with van der Waals surface area (Å²) in [6.45, 7) is 0. The first-order valence-corrected chi connectivity index (χ1v) is 2.35. The number of nitrogens with two attached hydrogens (primary N) is 2. The molecule has 1 heterocycles. The first kappa shape index (κ1) is 5.18. The maximum Gasteiger partial charge on any atom is 0.186 e. The van der Waals surface area contributed by atoms with E-state index in [1.165, 1.54) is 0 Å². The monoisotopic (exact) mass is 112 g/mol. The Morgan fingerprint density at radius 3 is 2.75 bits per heavy atom. The van der Waals surface area contributed by atoms with E-state index >= 15 is 0 Å². The van der Waals surface area contributed by atoms with Crippen LogP contribution in [0.5, 0.6) is 0 Å². The van der Waals surface area contributed by atoms with Crippen LogP contribution in [0.2, 0.25) is 0 Å². The molecule has 0 aromatic carbocycles. The number of hydrogen-bond donors (Lipinski definition) is 2. The van der Waals surface area contributed by atoms with Crippen molar-refractivity contribution in [3.8, 4) is 0 Å². The van der Waals surface area contributed by atoms with Gasteiger partial charge in [0.05, 0.1) is 0 Å². The van der Waals surface area contributed by atoms with Crippen LogP contribution in [-0.4, -0.2) is 6.23 Å². The Balaban J connectivity index is 2.59. The quantitative estimate of drug-likeness (QED) is 0.450. The molecule has 1 aliphatic heterocycles. The fraction of sp³-hybridized carbons (Fsp3) is 0.200. The van der Waals surface area contributed by atoms with Crippen LogP contribution in [0.15, 0.2) is 24.1 Å². The summed E-state index contributed by atoms with van der Waals surface area (Å²) in [6, 6.07) is 0. The third kappa shape index (κ3) is 1.01. The summed E-state index contributed by atoms with van der Waals surface area (Å²) in [4.78, 5) is 0. The van der Waals surface area contributed by atoms with E-state index < -0.39 is 0 Å². The van der Waals surface area contributed by atoms with Gasteiger partial charge in [0.2, 0.25) is 0 Å². The molecule has 0 fully saturated rings. The molecule has 0 radical (unpaired) electrons. The summed E-state index contributed by atoms with van der Waals surface area (Å²) in [7, 11) is 0. The van der Waals surface area contributed by atoms with Crippen molar-refractivity contribution in [2.75, 3.05) is 0 Å². The number of rotatable bonds is 0. The molecule has 0 spiro atoms. The van der Waals surface area contributed by atoms with Gasteiger partial charge in [0.25, 0.3) is 0 Å². The molecule has 0 aromatic heterocycles. The van der Waals surface area contributed by atoms with Crippen molar-refractivity contribution in [3.05, 3.63) is 24.1 Å². The van der Waals surface area contributed by atoms with Crippen LogP contribution in [0, 0.1) is 0 Å². The van der Waals surface area contributed by atoms with Crippen molar-refractivity contribution in [1.82, 2.24) is 0 Å². The Morgan fingerprint density at radius 2 is 2.38 bits per heavy atom. The average molecular weight is 112 g/mol. The van der Waals surface area contributed by atoms with Crippen molar-refractivity contribution in [2.24, 2.45) is 11.5 Å². The molecule has 1 aliphatic rings. The first-order valence-electron chi connectivity index (χ1n) is 2.35. The summed E-state index contributed by atoms with van der Waals surface area (Å²) in [5, 5.41) is 0. The van der Waals surface area contributed by atoms with Crippen LogP contribution < -0.4 is 11.5 Å². The van der Waals surface area contributed by atoms with Crippen molar-refractivity contribution < 1.29 is 4.74 Å². The molecule has 1 unspecified atom stereocenters. The van der Waals surface area contributed by atoms with Crippen molar-refractivity contribution in [2.45, 2.75) is 6.23 Å². The number of ether oxygens (including phenoxy) is 1. The maximum atomic E-state index is 5.30. The van der Waals surface area contributed by atoms with Crippen LogP contribution in [-0.2, 0) is 4.74 Å². The zero-order valence-electron chi connectivity index (χ0n) is 4.37. The van der Waals surface area contributed by atoms with Gasteiger partial charge in [0, 0.05) is 0 Å². The van der Waals surface area contributed by atoms with Crippen LogP contribution in [0.1, 0.15) is 0 Å². The normalized spacial score (nSPS) is 26.6. The fourth-order valence-electron chi connectivity index (χ4n) is 0.496. The van der Waals surface area contributed by atoms with Gasteiger partial charge in [0.15, 0.2) is 12.1 Å². The zero-order valence-corrected chi connectivity index (χ0v) is 4.37. The lowest BCUT2D eigenvalue weighted by Crippen LogP contribution is -2.24. The molecule has 0 bridgehead atoms. The molecule has 4 N–H and O–H groups in total. The molecule has 0 amide bonds. The lowest BCUT2D eigenvalue weighted by Gasteiger charge is -2.12. The van der Waals surface area contributed by atoms with E-state index in [2.05, 4.69) is 0 Å². The second kappa shape index (κ2) is 1.88. The van der Waals surface area contributed by atoms with Crippen molar-refractivity contribution >= 4 is 0 Å². The van der Waals surface area contributed by atoms with Crippen molar-refractivity contribution in [3.63, 3.8) is 0 Å². The molecule has 3 heteroatoms. The molecule has 3 nitrogen and oxygen atoms in total. The van der Waals surface area contributed by atoms with Gasteiger partial charge in [0.1, 0.15) is 0 Å². The fourth-order valence-corrected chi connectivity index (χ4v) is 0.496. The van der Waals surface area contributed by atoms with Gasteiger partial charge in [-0.1, -0.05) is 6.08 Å². The van der Waals surface area contributed by atoms with Crippen LogP contribution in [0.4, 0.5) is 0 Å². The summed E-state index contributed by atoms with van der Waals surface area (Å²) in [5.41, 5.74) is 10.5. The SMILES string of the molecule is NC1=CC=CC(N)O1. The van der Waals surface area contributed by atoms with E-state index in [0.29, 0.717) is 5.88 Å². The Bertz CT molecular complexity index is 139. The minimum absolute atomic E-state index is 0.361. The average Bonchev–Trinajstić information content (AvgIpc) is 1.64. The van der Waals surface area contributed by atoms with Crippen LogP contribution in [0.3, 0.4) is 0 Å². The minimum atomic E-state index is -0.361. The maximum absolute atomic E-state index is 5.30. The molecule has 1 rings (SSSR count). The van der Waals surface area contributed by atoms with Crippen LogP contribution >= 0.6 is 0 Å². The summed E-state index contributed by atoms with van der Waals surface area (Å²) >= 11 is 0. The van der Waals surface area contributed by atoms with Gasteiger partial charge in [-0.2, -0.15) is 0 Å². The molecule has 0 aliphatic carbocycles. The van der Waals surface area contributed by atoms with E-state index in [0.717, 1.165) is 0 Å². The Labute approximate surface area is 47.6 Å². The predicted octanol–water partition coefficient (Wildman–Crippen LogP) is -0.342. The first-order chi connectivity index (χ1) is 3.79. The summed E-state index contributed by atoms with van der Waals surface area (Å²) in [5.74, 6) is 0.375. The lowest BCUT2D eigenvalue weighted by molar-refractivity contribution is 0.154. The van der Waals surface area contributed by atoms with Gasteiger partial charge in [-0.25, -0.2) is 0 Å². The topological polar surface area (TPSA) is 61.3 Å². The van der Waals surface area contributed by atoms with E-state index in [1.54, 1.807) is 18.2 Å². The highest BCUT2D eigenvalue weighted by molar-refractivity contribution is 5.11. The zero-order chi connectivity index (χ0) is 5.98. The predicted molar refractivity (Wildman–Crippen MR) is 30.5 cm³/mol. The lowest BCUT2D eigenvalue weighted by atomic mass is 10.4. The van der Waals surface area contributed by atoms with E-state index in [9.17, 15) is 0 Å². The third-order valence-corrected chi connectivity index (χ3v) is 0.833.